The number of carbonyl (C=O) groups excluding carboxylic acids is 1. The molecule has 126 valence electrons. The van der Waals surface area contributed by atoms with Crippen molar-refractivity contribution in [3.8, 4) is 5.88 Å². The summed E-state index contributed by atoms with van der Waals surface area (Å²) in [7, 11) is 0. The second kappa shape index (κ2) is 7.17. The molecule has 2 amide bonds. The maximum absolute atomic E-state index is 12.5. The Morgan fingerprint density at radius 2 is 2.13 bits per heavy atom. The summed E-state index contributed by atoms with van der Waals surface area (Å²) in [5, 5.41) is 2.95. The zero-order valence-electron chi connectivity index (χ0n) is 14.0. The topological polar surface area (TPSA) is 57.7 Å². The molecular weight excluding hydrogens is 292 g/mol. The van der Waals surface area contributed by atoms with Gasteiger partial charge in [-0.1, -0.05) is 0 Å². The zero-order valence-corrected chi connectivity index (χ0v) is 14.0. The van der Waals surface area contributed by atoms with E-state index < -0.39 is 0 Å². The molecule has 1 N–H and O–H groups in total. The minimum atomic E-state index is -0.0618. The number of rotatable bonds is 4. The third kappa shape index (κ3) is 3.93. The van der Waals surface area contributed by atoms with Gasteiger partial charge in [-0.3, -0.25) is 4.90 Å². The molecule has 2 aliphatic heterocycles. The van der Waals surface area contributed by atoms with E-state index in [1.165, 1.54) is 25.9 Å². The number of hydrogen-bond acceptors (Lipinski definition) is 4. The van der Waals surface area contributed by atoms with Crippen LogP contribution in [0.2, 0.25) is 0 Å². The molecule has 6 nitrogen and oxygen atoms in total. The van der Waals surface area contributed by atoms with Crippen molar-refractivity contribution < 1.29 is 9.53 Å². The normalized spacial score (nSPS) is 21.9. The number of amides is 2. The largest absolute Gasteiger partial charge is 0.473 e. The Bertz CT molecular complexity index is 543. The summed E-state index contributed by atoms with van der Waals surface area (Å²) in [5.74, 6) is 0.478. The SMILES string of the molecule is CC(C)Oc1ncccc1NC(=O)N1CCC(N2CCCC2)C1. The van der Waals surface area contributed by atoms with Crippen molar-refractivity contribution in [3.63, 3.8) is 0 Å². The standard InChI is InChI=1S/C17H26N4O2/c1-13(2)23-16-15(6-5-8-18-16)19-17(22)21-11-7-14(12-21)20-9-3-4-10-20/h5-6,8,13-14H,3-4,7,9-12H2,1-2H3,(H,19,22). The summed E-state index contributed by atoms with van der Waals surface area (Å²) in [6, 6.07) is 4.09. The quantitative estimate of drug-likeness (QED) is 0.927. The van der Waals surface area contributed by atoms with Crippen LogP contribution >= 0.6 is 0 Å². The number of ether oxygens (including phenoxy) is 1. The van der Waals surface area contributed by atoms with Gasteiger partial charge in [0.05, 0.1) is 6.10 Å². The van der Waals surface area contributed by atoms with Gasteiger partial charge in [0, 0.05) is 25.3 Å². The number of anilines is 1. The number of carbonyl (C=O) groups is 1. The molecule has 0 spiro atoms. The first-order valence-electron chi connectivity index (χ1n) is 8.55. The molecule has 0 bridgehead atoms. The number of likely N-dealkylation sites (tertiary alicyclic amines) is 2. The van der Waals surface area contributed by atoms with Gasteiger partial charge in [-0.05, 0) is 58.3 Å². The second-order valence-corrected chi connectivity index (χ2v) is 6.58. The summed E-state index contributed by atoms with van der Waals surface area (Å²) in [5.41, 5.74) is 0.635. The minimum absolute atomic E-state index is 0.0203. The highest BCUT2D eigenvalue weighted by Gasteiger charge is 2.31. The maximum atomic E-state index is 12.5. The van der Waals surface area contributed by atoms with Gasteiger partial charge < -0.3 is 15.0 Å². The van der Waals surface area contributed by atoms with Crippen molar-refractivity contribution in [1.82, 2.24) is 14.8 Å². The molecule has 1 atom stereocenters. The van der Waals surface area contributed by atoms with Crippen LogP contribution in [0.4, 0.5) is 10.5 Å². The highest BCUT2D eigenvalue weighted by atomic mass is 16.5. The molecule has 6 heteroatoms. The lowest BCUT2D eigenvalue weighted by Gasteiger charge is -2.24. The van der Waals surface area contributed by atoms with E-state index in [-0.39, 0.29) is 12.1 Å². The Morgan fingerprint density at radius 1 is 1.35 bits per heavy atom. The average Bonchev–Trinajstić information content (AvgIpc) is 3.19. The van der Waals surface area contributed by atoms with E-state index in [9.17, 15) is 4.79 Å². The molecule has 0 aromatic carbocycles. The molecule has 0 saturated carbocycles. The molecule has 0 radical (unpaired) electrons. The lowest BCUT2D eigenvalue weighted by Crippen LogP contribution is -2.38. The lowest BCUT2D eigenvalue weighted by atomic mass is 10.2. The van der Waals surface area contributed by atoms with E-state index >= 15 is 0 Å². The molecule has 3 heterocycles. The predicted octanol–water partition coefficient (Wildman–Crippen LogP) is 2.57. The van der Waals surface area contributed by atoms with E-state index in [0.717, 1.165) is 19.5 Å². The van der Waals surface area contributed by atoms with Crippen LogP contribution in [0, 0.1) is 0 Å². The first-order chi connectivity index (χ1) is 11.1. The van der Waals surface area contributed by atoms with Gasteiger partial charge in [-0.2, -0.15) is 0 Å². The number of urea groups is 1. The van der Waals surface area contributed by atoms with Crippen molar-refractivity contribution in [1.29, 1.82) is 0 Å². The van der Waals surface area contributed by atoms with Gasteiger partial charge in [0.1, 0.15) is 5.69 Å². The van der Waals surface area contributed by atoms with E-state index in [2.05, 4.69) is 15.2 Å². The van der Waals surface area contributed by atoms with Crippen molar-refractivity contribution in [2.24, 2.45) is 0 Å². The Morgan fingerprint density at radius 3 is 2.87 bits per heavy atom. The maximum Gasteiger partial charge on any atom is 0.322 e. The Labute approximate surface area is 137 Å². The number of aromatic nitrogens is 1. The number of nitrogens with zero attached hydrogens (tertiary/aromatic N) is 3. The third-order valence-corrected chi connectivity index (χ3v) is 4.47. The third-order valence-electron chi connectivity index (χ3n) is 4.47. The minimum Gasteiger partial charge on any atom is -0.473 e. The van der Waals surface area contributed by atoms with Gasteiger partial charge in [0.15, 0.2) is 0 Å². The highest BCUT2D eigenvalue weighted by molar-refractivity contribution is 5.90. The number of nitrogens with one attached hydrogen (secondary N) is 1. The number of pyridine rings is 1. The molecule has 1 aromatic heterocycles. The van der Waals surface area contributed by atoms with Crippen molar-refractivity contribution in [3.05, 3.63) is 18.3 Å². The van der Waals surface area contributed by atoms with Gasteiger partial charge in [0.2, 0.25) is 5.88 Å². The molecule has 1 unspecified atom stereocenters. The summed E-state index contributed by atoms with van der Waals surface area (Å²) >= 11 is 0. The monoisotopic (exact) mass is 318 g/mol. The Balaban J connectivity index is 1.59. The first-order valence-corrected chi connectivity index (χ1v) is 8.55. The van der Waals surface area contributed by atoms with Gasteiger partial charge >= 0.3 is 6.03 Å². The van der Waals surface area contributed by atoms with E-state index in [4.69, 9.17) is 4.74 Å². The van der Waals surface area contributed by atoms with Crippen LogP contribution in [0.1, 0.15) is 33.1 Å². The zero-order chi connectivity index (χ0) is 16.2. The summed E-state index contributed by atoms with van der Waals surface area (Å²) < 4.78 is 5.66. The fraction of sp³-hybridized carbons (Fsp3) is 0.647. The Hall–Kier alpha value is -1.82. The van der Waals surface area contributed by atoms with Gasteiger partial charge in [-0.15, -0.1) is 0 Å². The number of hydrogen-bond donors (Lipinski definition) is 1. The van der Waals surface area contributed by atoms with Crippen molar-refractivity contribution >= 4 is 11.7 Å². The van der Waals surface area contributed by atoms with Crippen LogP contribution in [0.15, 0.2) is 18.3 Å². The van der Waals surface area contributed by atoms with E-state index in [0.29, 0.717) is 17.6 Å². The van der Waals surface area contributed by atoms with Gasteiger partial charge in [-0.25, -0.2) is 9.78 Å². The van der Waals surface area contributed by atoms with Crippen molar-refractivity contribution in [2.75, 3.05) is 31.5 Å². The molecule has 2 fully saturated rings. The Kier molecular flexibility index (Phi) is 5.00. The fourth-order valence-corrected chi connectivity index (χ4v) is 3.33. The van der Waals surface area contributed by atoms with E-state index in [1.54, 1.807) is 12.3 Å². The van der Waals surface area contributed by atoms with Crippen LogP contribution in [0.3, 0.4) is 0 Å². The van der Waals surface area contributed by atoms with Crippen molar-refractivity contribution in [2.45, 2.75) is 45.3 Å². The second-order valence-electron chi connectivity index (χ2n) is 6.58. The fourth-order valence-electron chi connectivity index (χ4n) is 3.33. The summed E-state index contributed by atoms with van der Waals surface area (Å²) in [6.45, 7) is 7.87. The van der Waals surface area contributed by atoms with Crippen LogP contribution in [0.25, 0.3) is 0 Å². The molecule has 23 heavy (non-hydrogen) atoms. The molecular formula is C17H26N4O2. The predicted molar refractivity (Wildman–Crippen MR) is 89.8 cm³/mol. The first kappa shape index (κ1) is 16.1. The molecule has 2 saturated heterocycles. The summed E-state index contributed by atoms with van der Waals surface area (Å²) in [4.78, 5) is 21.2. The van der Waals surface area contributed by atoms with Crippen LogP contribution in [-0.2, 0) is 0 Å². The van der Waals surface area contributed by atoms with Crippen LogP contribution < -0.4 is 10.1 Å². The lowest BCUT2D eigenvalue weighted by molar-refractivity contribution is 0.209. The smallest absolute Gasteiger partial charge is 0.322 e. The highest BCUT2D eigenvalue weighted by Crippen LogP contribution is 2.24. The molecule has 2 aliphatic rings. The van der Waals surface area contributed by atoms with Crippen LogP contribution in [-0.4, -0.2) is 59.1 Å². The van der Waals surface area contributed by atoms with E-state index in [1.807, 2.05) is 24.8 Å². The molecule has 0 aliphatic carbocycles. The molecule has 1 aromatic rings. The summed E-state index contributed by atoms with van der Waals surface area (Å²) in [6.07, 6.45) is 5.33. The van der Waals surface area contributed by atoms with Crippen LogP contribution in [0.5, 0.6) is 5.88 Å². The van der Waals surface area contributed by atoms with Gasteiger partial charge in [0.25, 0.3) is 0 Å². The molecule has 3 rings (SSSR count). The average molecular weight is 318 g/mol.